The molecule has 1 saturated carbocycles. The van der Waals surface area contributed by atoms with Crippen molar-refractivity contribution >= 4 is 15.9 Å². The van der Waals surface area contributed by atoms with E-state index in [-0.39, 0.29) is 0 Å². The third-order valence-corrected chi connectivity index (χ3v) is 4.13. The van der Waals surface area contributed by atoms with Crippen molar-refractivity contribution in [1.29, 1.82) is 0 Å². The number of nitrogens with one attached hydrogen (secondary N) is 1. The van der Waals surface area contributed by atoms with Crippen LogP contribution >= 0.6 is 15.9 Å². The zero-order valence-electron chi connectivity index (χ0n) is 11.8. The molecule has 19 heavy (non-hydrogen) atoms. The molecule has 1 aromatic heterocycles. The van der Waals surface area contributed by atoms with E-state index < -0.39 is 0 Å². The SMILES string of the molecule is CCNCc1cc(Br)cnc1OC1CCC(C)CC1. The zero-order chi connectivity index (χ0) is 13.7. The summed E-state index contributed by atoms with van der Waals surface area (Å²) in [7, 11) is 0. The summed E-state index contributed by atoms with van der Waals surface area (Å²) >= 11 is 3.48. The zero-order valence-corrected chi connectivity index (χ0v) is 13.4. The van der Waals surface area contributed by atoms with Crippen molar-refractivity contribution in [3.8, 4) is 5.88 Å². The highest BCUT2D eigenvalue weighted by Crippen LogP contribution is 2.28. The number of rotatable bonds is 5. The molecular weight excluding hydrogens is 304 g/mol. The molecule has 0 bridgehead atoms. The van der Waals surface area contributed by atoms with Gasteiger partial charge < -0.3 is 10.1 Å². The van der Waals surface area contributed by atoms with Crippen LogP contribution in [0.25, 0.3) is 0 Å². The molecule has 1 heterocycles. The number of pyridine rings is 1. The lowest BCUT2D eigenvalue weighted by Gasteiger charge is -2.27. The van der Waals surface area contributed by atoms with Crippen LogP contribution in [0.15, 0.2) is 16.7 Å². The molecular formula is C15H23BrN2O. The van der Waals surface area contributed by atoms with Gasteiger partial charge in [0.2, 0.25) is 5.88 Å². The average molecular weight is 327 g/mol. The molecule has 0 amide bonds. The van der Waals surface area contributed by atoms with Gasteiger partial charge in [0.05, 0.1) is 0 Å². The first-order valence-corrected chi connectivity index (χ1v) is 8.00. The normalized spacial score (nSPS) is 23.3. The maximum Gasteiger partial charge on any atom is 0.218 e. The number of aromatic nitrogens is 1. The minimum Gasteiger partial charge on any atom is -0.474 e. The van der Waals surface area contributed by atoms with Crippen LogP contribution in [-0.4, -0.2) is 17.6 Å². The van der Waals surface area contributed by atoms with Crippen LogP contribution in [0.3, 0.4) is 0 Å². The van der Waals surface area contributed by atoms with Crippen molar-refractivity contribution in [1.82, 2.24) is 10.3 Å². The number of nitrogens with zero attached hydrogens (tertiary/aromatic N) is 1. The highest BCUT2D eigenvalue weighted by molar-refractivity contribution is 9.10. The summed E-state index contributed by atoms with van der Waals surface area (Å²) in [5, 5.41) is 3.34. The molecule has 0 unspecified atom stereocenters. The predicted molar refractivity (Wildman–Crippen MR) is 81.4 cm³/mol. The molecule has 0 aliphatic heterocycles. The van der Waals surface area contributed by atoms with Crippen molar-refractivity contribution in [2.75, 3.05) is 6.54 Å². The topological polar surface area (TPSA) is 34.2 Å². The molecule has 1 aliphatic rings. The monoisotopic (exact) mass is 326 g/mol. The van der Waals surface area contributed by atoms with E-state index in [9.17, 15) is 0 Å². The second kappa shape index (κ2) is 7.25. The fourth-order valence-corrected chi connectivity index (χ4v) is 2.85. The van der Waals surface area contributed by atoms with Crippen LogP contribution in [0.2, 0.25) is 0 Å². The molecule has 0 spiro atoms. The number of ether oxygens (including phenoxy) is 1. The Kier molecular flexibility index (Phi) is 5.64. The molecule has 1 aromatic rings. The smallest absolute Gasteiger partial charge is 0.218 e. The van der Waals surface area contributed by atoms with Crippen LogP contribution in [0.1, 0.15) is 45.1 Å². The van der Waals surface area contributed by atoms with Gasteiger partial charge in [-0.2, -0.15) is 0 Å². The van der Waals surface area contributed by atoms with E-state index in [1.54, 1.807) is 0 Å². The Morgan fingerprint density at radius 3 is 2.79 bits per heavy atom. The minimum absolute atomic E-state index is 0.338. The number of hydrogen-bond donors (Lipinski definition) is 1. The van der Waals surface area contributed by atoms with E-state index in [4.69, 9.17) is 4.74 Å². The third kappa shape index (κ3) is 4.46. The van der Waals surface area contributed by atoms with Gasteiger partial charge in [-0.3, -0.25) is 0 Å². The molecule has 106 valence electrons. The molecule has 0 radical (unpaired) electrons. The van der Waals surface area contributed by atoms with E-state index in [1.165, 1.54) is 12.8 Å². The largest absolute Gasteiger partial charge is 0.474 e. The Morgan fingerprint density at radius 1 is 1.37 bits per heavy atom. The Balaban J connectivity index is 2.02. The van der Waals surface area contributed by atoms with Gasteiger partial charge in [-0.1, -0.05) is 13.8 Å². The first kappa shape index (κ1) is 14.8. The molecule has 4 heteroatoms. The predicted octanol–water partition coefficient (Wildman–Crippen LogP) is 3.91. The van der Waals surface area contributed by atoms with Gasteiger partial charge in [0.25, 0.3) is 0 Å². The van der Waals surface area contributed by atoms with Gasteiger partial charge >= 0.3 is 0 Å². The maximum absolute atomic E-state index is 6.11. The second-order valence-electron chi connectivity index (χ2n) is 5.40. The van der Waals surface area contributed by atoms with E-state index >= 15 is 0 Å². The van der Waals surface area contributed by atoms with Crippen LogP contribution in [0, 0.1) is 5.92 Å². The van der Waals surface area contributed by atoms with Crippen molar-refractivity contribution in [2.24, 2.45) is 5.92 Å². The Hall–Kier alpha value is -0.610. The third-order valence-electron chi connectivity index (χ3n) is 3.70. The van der Waals surface area contributed by atoms with E-state index in [0.29, 0.717) is 6.10 Å². The second-order valence-corrected chi connectivity index (χ2v) is 6.31. The molecule has 0 saturated heterocycles. The summed E-state index contributed by atoms with van der Waals surface area (Å²) in [4.78, 5) is 4.44. The summed E-state index contributed by atoms with van der Waals surface area (Å²) in [6, 6.07) is 2.09. The van der Waals surface area contributed by atoms with Gasteiger partial charge in [-0.05, 0) is 60.1 Å². The molecule has 1 N–H and O–H groups in total. The lowest BCUT2D eigenvalue weighted by Crippen LogP contribution is -2.24. The van der Waals surface area contributed by atoms with Crippen LogP contribution in [-0.2, 0) is 6.54 Å². The van der Waals surface area contributed by atoms with Crippen LogP contribution in [0.5, 0.6) is 5.88 Å². The Labute approximate surface area is 124 Å². The summed E-state index contributed by atoms with van der Waals surface area (Å²) < 4.78 is 7.12. The molecule has 3 nitrogen and oxygen atoms in total. The summed E-state index contributed by atoms with van der Waals surface area (Å²) in [5.74, 6) is 1.64. The highest BCUT2D eigenvalue weighted by Gasteiger charge is 2.21. The highest BCUT2D eigenvalue weighted by atomic mass is 79.9. The van der Waals surface area contributed by atoms with Gasteiger partial charge in [-0.25, -0.2) is 4.98 Å². The van der Waals surface area contributed by atoms with Crippen molar-refractivity contribution in [3.63, 3.8) is 0 Å². The molecule has 2 rings (SSSR count). The Bertz CT molecular complexity index is 403. The summed E-state index contributed by atoms with van der Waals surface area (Å²) in [6.45, 7) is 6.19. The summed E-state index contributed by atoms with van der Waals surface area (Å²) in [6.07, 6.45) is 6.99. The first-order chi connectivity index (χ1) is 9.19. The number of halogens is 1. The summed E-state index contributed by atoms with van der Waals surface area (Å²) in [5.41, 5.74) is 1.13. The lowest BCUT2D eigenvalue weighted by molar-refractivity contribution is 0.128. The fraction of sp³-hybridized carbons (Fsp3) is 0.667. The standard InChI is InChI=1S/C15H23BrN2O/c1-3-17-9-12-8-13(16)10-18-15(12)19-14-6-4-11(2)5-7-14/h8,10-11,14,17H,3-7,9H2,1-2H3. The average Bonchev–Trinajstić information content (AvgIpc) is 2.41. The number of hydrogen-bond acceptors (Lipinski definition) is 3. The molecule has 1 aliphatic carbocycles. The first-order valence-electron chi connectivity index (χ1n) is 7.20. The van der Waals surface area contributed by atoms with E-state index in [0.717, 1.165) is 47.8 Å². The lowest BCUT2D eigenvalue weighted by atomic mass is 9.89. The maximum atomic E-state index is 6.11. The Morgan fingerprint density at radius 2 is 2.11 bits per heavy atom. The molecule has 0 aromatic carbocycles. The van der Waals surface area contributed by atoms with E-state index in [2.05, 4.69) is 46.1 Å². The van der Waals surface area contributed by atoms with Crippen molar-refractivity contribution in [2.45, 2.75) is 52.2 Å². The van der Waals surface area contributed by atoms with E-state index in [1.807, 2.05) is 6.20 Å². The van der Waals surface area contributed by atoms with Gasteiger partial charge in [-0.15, -0.1) is 0 Å². The quantitative estimate of drug-likeness (QED) is 0.890. The minimum atomic E-state index is 0.338. The molecule has 1 fully saturated rings. The van der Waals surface area contributed by atoms with Crippen LogP contribution in [0.4, 0.5) is 0 Å². The fourth-order valence-electron chi connectivity index (χ4n) is 2.47. The van der Waals surface area contributed by atoms with Gasteiger partial charge in [0.15, 0.2) is 0 Å². The van der Waals surface area contributed by atoms with Crippen molar-refractivity contribution < 1.29 is 4.74 Å². The van der Waals surface area contributed by atoms with Gasteiger partial charge in [0.1, 0.15) is 6.10 Å². The van der Waals surface area contributed by atoms with Gasteiger partial charge in [0, 0.05) is 22.8 Å². The molecule has 0 atom stereocenters. The van der Waals surface area contributed by atoms with Crippen molar-refractivity contribution in [3.05, 3.63) is 22.3 Å². The van der Waals surface area contributed by atoms with Crippen LogP contribution < -0.4 is 10.1 Å².